The van der Waals surface area contributed by atoms with Gasteiger partial charge in [0.2, 0.25) is 5.91 Å². The van der Waals surface area contributed by atoms with Crippen LogP contribution in [0.1, 0.15) is 19.8 Å². The Hall–Kier alpha value is -1.33. The Morgan fingerprint density at radius 2 is 2.00 bits per heavy atom. The number of amides is 1. The first-order valence-electron chi connectivity index (χ1n) is 6.58. The average Bonchev–Trinajstić information content (AvgIpc) is 2.41. The van der Waals surface area contributed by atoms with Crippen molar-refractivity contribution in [3.8, 4) is 5.75 Å². The Morgan fingerprint density at radius 3 is 2.70 bits per heavy atom. The second-order valence-electron chi connectivity index (χ2n) is 4.13. The van der Waals surface area contributed by atoms with Crippen LogP contribution in [0.2, 0.25) is 0 Å². The summed E-state index contributed by atoms with van der Waals surface area (Å²) < 4.78 is 18.4. The van der Waals surface area contributed by atoms with Gasteiger partial charge in [0, 0.05) is 13.1 Å². The standard InChI is InChI=1S/C14H21FN2O2.ClH/c1-2-8-16-9-10-17-14(18)7-11-19-13-6-4-3-5-12(13)15;/h3-6,16H,2,7-11H2,1H3,(H,17,18);1H. The molecule has 2 N–H and O–H groups in total. The fraction of sp³-hybridized carbons (Fsp3) is 0.500. The van der Waals surface area contributed by atoms with E-state index in [0.29, 0.717) is 6.54 Å². The largest absolute Gasteiger partial charge is 0.490 e. The monoisotopic (exact) mass is 304 g/mol. The van der Waals surface area contributed by atoms with E-state index in [1.54, 1.807) is 18.2 Å². The molecule has 0 aliphatic rings. The molecular formula is C14H22ClFN2O2. The van der Waals surface area contributed by atoms with Crippen LogP contribution in [0.5, 0.6) is 5.75 Å². The molecule has 0 aliphatic carbocycles. The summed E-state index contributed by atoms with van der Waals surface area (Å²) in [6, 6.07) is 6.16. The molecule has 114 valence electrons. The number of hydrogen-bond acceptors (Lipinski definition) is 3. The van der Waals surface area contributed by atoms with Crippen molar-refractivity contribution in [2.75, 3.05) is 26.2 Å². The third-order valence-corrected chi connectivity index (χ3v) is 2.47. The van der Waals surface area contributed by atoms with Crippen LogP contribution in [-0.2, 0) is 4.79 Å². The van der Waals surface area contributed by atoms with E-state index in [1.165, 1.54) is 6.07 Å². The molecule has 0 unspecified atom stereocenters. The quantitative estimate of drug-likeness (QED) is 0.687. The molecule has 6 heteroatoms. The Balaban J connectivity index is 0.00000361. The number of carbonyl (C=O) groups is 1. The molecule has 0 heterocycles. The van der Waals surface area contributed by atoms with Gasteiger partial charge in [-0.05, 0) is 25.1 Å². The van der Waals surface area contributed by atoms with Gasteiger partial charge in [0.05, 0.1) is 13.0 Å². The van der Waals surface area contributed by atoms with Crippen LogP contribution in [0.3, 0.4) is 0 Å². The van der Waals surface area contributed by atoms with E-state index in [1.807, 2.05) is 0 Å². The number of ether oxygens (including phenoxy) is 1. The van der Waals surface area contributed by atoms with Crippen LogP contribution in [0.25, 0.3) is 0 Å². The van der Waals surface area contributed by atoms with Crippen LogP contribution < -0.4 is 15.4 Å². The molecule has 20 heavy (non-hydrogen) atoms. The molecule has 0 radical (unpaired) electrons. The predicted molar refractivity (Wildman–Crippen MR) is 79.9 cm³/mol. The van der Waals surface area contributed by atoms with E-state index in [9.17, 15) is 9.18 Å². The highest BCUT2D eigenvalue weighted by Crippen LogP contribution is 2.15. The number of nitrogens with one attached hydrogen (secondary N) is 2. The van der Waals surface area contributed by atoms with E-state index < -0.39 is 5.82 Å². The lowest BCUT2D eigenvalue weighted by molar-refractivity contribution is -0.121. The van der Waals surface area contributed by atoms with Gasteiger partial charge in [-0.3, -0.25) is 4.79 Å². The first kappa shape index (κ1) is 18.7. The predicted octanol–water partition coefficient (Wildman–Crippen LogP) is 2.13. The maximum absolute atomic E-state index is 13.2. The van der Waals surface area contributed by atoms with E-state index in [4.69, 9.17) is 4.74 Å². The molecule has 0 saturated carbocycles. The van der Waals surface area contributed by atoms with Crippen molar-refractivity contribution in [2.24, 2.45) is 0 Å². The summed E-state index contributed by atoms with van der Waals surface area (Å²) in [4.78, 5) is 11.4. The van der Waals surface area contributed by atoms with E-state index in [0.717, 1.165) is 19.5 Å². The van der Waals surface area contributed by atoms with E-state index in [-0.39, 0.29) is 37.1 Å². The van der Waals surface area contributed by atoms with Crippen LogP contribution >= 0.6 is 12.4 Å². The lowest BCUT2D eigenvalue weighted by Gasteiger charge is -2.08. The fourth-order valence-electron chi connectivity index (χ4n) is 1.50. The van der Waals surface area contributed by atoms with Crippen molar-refractivity contribution in [1.82, 2.24) is 10.6 Å². The molecule has 0 atom stereocenters. The van der Waals surface area contributed by atoms with Gasteiger partial charge in [-0.1, -0.05) is 19.1 Å². The maximum atomic E-state index is 13.2. The van der Waals surface area contributed by atoms with E-state index in [2.05, 4.69) is 17.6 Å². The highest BCUT2D eigenvalue weighted by atomic mass is 35.5. The van der Waals surface area contributed by atoms with Crippen molar-refractivity contribution in [2.45, 2.75) is 19.8 Å². The first-order valence-corrected chi connectivity index (χ1v) is 6.58. The van der Waals surface area contributed by atoms with Gasteiger partial charge in [-0.15, -0.1) is 12.4 Å². The smallest absolute Gasteiger partial charge is 0.223 e. The zero-order valence-electron chi connectivity index (χ0n) is 11.7. The minimum atomic E-state index is -0.410. The van der Waals surface area contributed by atoms with Crippen LogP contribution in [0, 0.1) is 5.82 Å². The molecule has 0 fully saturated rings. The zero-order valence-corrected chi connectivity index (χ0v) is 12.5. The van der Waals surface area contributed by atoms with Gasteiger partial charge >= 0.3 is 0 Å². The minimum Gasteiger partial charge on any atom is -0.490 e. The summed E-state index contributed by atoms with van der Waals surface area (Å²) in [6.45, 7) is 4.57. The molecule has 1 rings (SSSR count). The molecule has 1 amide bonds. The first-order chi connectivity index (χ1) is 9.24. The molecule has 1 aromatic carbocycles. The summed E-state index contributed by atoms with van der Waals surface area (Å²) >= 11 is 0. The number of rotatable bonds is 9. The van der Waals surface area contributed by atoms with Gasteiger partial charge in [-0.25, -0.2) is 4.39 Å². The molecule has 0 spiro atoms. The molecule has 4 nitrogen and oxygen atoms in total. The van der Waals surface area contributed by atoms with Gasteiger partial charge in [0.15, 0.2) is 11.6 Å². The van der Waals surface area contributed by atoms with Gasteiger partial charge in [0.25, 0.3) is 0 Å². The summed E-state index contributed by atoms with van der Waals surface area (Å²) in [5.74, 6) is -0.318. The molecule has 0 aromatic heterocycles. The summed E-state index contributed by atoms with van der Waals surface area (Å²) in [5.41, 5.74) is 0. The van der Waals surface area contributed by atoms with Gasteiger partial charge < -0.3 is 15.4 Å². The summed E-state index contributed by atoms with van der Waals surface area (Å²) in [7, 11) is 0. The van der Waals surface area contributed by atoms with Gasteiger partial charge in [0.1, 0.15) is 0 Å². The normalized spacial score (nSPS) is 9.70. The Kier molecular flexibility index (Phi) is 10.7. The number of carbonyl (C=O) groups excluding carboxylic acids is 1. The van der Waals surface area contributed by atoms with Crippen LogP contribution in [0.4, 0.5) is 4.39 Å². The van der Waals surface area contributed by atoms with Crippen molar-refractivity contribution in [3.05, 3.63) is 30.1 Å². The van der Waals surface area contributed by atoms with Crippen molar-refractivity contribution in [3.63, 3.8) is 0 Å². The second kappa shape index (κ2) is 11.5. The summed E-state index contributed by atoms with van der Waals surface area (Å²) in [5, 5.41) is 5.95. The Morgan fingerprint density at radius 1 is 1.25 bits per heavy atom. The molecular weight excluding hydrogens is 283 g/mol. The van der Waals surface area contributed by atoms with Crippen LogP contribution in [-0.4, -0.2) is 32.1 Å². The third kappa shape index (κ3) is 7.96. The fourth-order valence-corrected chi connectivity index (χ4v) is 1.50. The average molecular weight is 305 g/mol. The maximum Gasteiger partial charge on any atom is 0.223 e. The molecule has 0 aliphatic heterocycles. The Bertz CT molecular complexity index is 391. The number of benzene rings is 1. The Labute approximate surface area is 125 Å². The van der Waals surface area contributed by atoms with Crippen molar-refractivity contribution >= 4 is 18.3 Å². The lowest BCUT2D eigenvalue weighted by atomic mass is 10.3. The van der Waals surface area contributed by atoms with Crippen molar-refractivity contribution < 1.29 is 13.9 Å². The topological polar surface area (TPSA) is 50.4 Å². The highest BCUT2D eigenvalue weighted by Gasteiger charge is 2.04. The second-order valence-corrected chi connectivity index (χ2v) is 4.13. The number of halogens is 2. The van der Waals surface area contributed by atoms with Gasteiger partial charge in [-0.2, -0.15) is 0 Å². The molecule has 0 saturated heterocycles. The molecule has 1 aromatic rings. The molecule has 0 bridgehead atoms. The third-order valence-electron chi connectivity index (χ3n) is 2.47. The highest BCUT2D eigenvalue weighted by molar-refractivity contribution is 5.85. The summed E-state index contributed by atoms with van der Waals surface area (Å²) in [6.07, 6.45) is 1.30. The lowest BCUT2D eigenvalue weighted by Crippen LogP contribution is -2.32. The SMILES string of the molecule is CCCNCCNC(=O)CCOc1ccccc1F.Cl. The number of para-hydroxylation sites is 1. The minimum absolute atomic E-state index is 0. The zero-order chi connectivity index (χ0) is 13.9. The number of hydrogen-bond donors (Lipinski definition) is 2. The van der Waals surface area contributed by atoms with E-state index >= 15 is 0 Å². The van der Waals surface area contributed by atoms with Crippen LogP contribution in [0.15, 0.2) is 24.3 Å². The van der Waals surface area contributed by atoms with Crippen molar-refractivity contribution in [1.29, 1.82) is 0 Å².